The lowest BCUT2D eigenvalue weighted by Gasteiger charge is -2.28. The van der Waals surface area contributed by atoms with E-state index < -0.39 is 6.04 Å². The number of nitrogens with one attached hydrogen (secondary N) is 1. The molecule has 0 saturated carbocycles. The zero-order valence-electron chi connectivity index (χ0n) is 14.6. The van der Waals surface area contributed by atoms with E-state index in [-0.39, 0.29) is 11.8 Å². The molecule has 128 valence electrons. The third kappa shape index (κ3) is 5.93. The number of nitrogens with zero attached hydrogens (tertiary/aromatic N) is 1. The van der Waals surface area contributed by atoms with Crippen LogP contribution in [-0.2, 0) is 16.1 Å². The van der Waals surface area contributed by atoms with Crippen molar-refractivity contribution in [1.82, 2.24) is 10.2 Å². The second-order valence-corrected chi connectivity index (χ2v) is 5.59. The number of methoxy groups -OCH3 is 1. The van der Waals surface area contributed by atoms with Crippen LogP contribution >= 0.6 is 0 Å². The number of ether oxygens (including phenoxy) is 1. The van der Waals surface area contributed by atoms with Gasteiger partial charge in [0.15, 0.2) is 0 Å². The highest BCUT2D eigenvalue weighted by atomic mass is 16.5. The van der Waals surface area contributed by atoms with Crippen LogP contribution in [0, 0.1) is 0 Å². The van der Waals surface area contributed by atoms with E-state index in [4.69, 9.17) is 4.74 Å². The molecule has 5 nitrogen and oxygen atoms in total. The van der Waals surface area contributed by atoms with E-state index in [0.29, 0.717) is 19.5 Å². The van der Waals surface area contributed by atoms with Gasteiger partial charge in [0.05, 0.1) is 7.11 Å². The fourth-order valence-corrected chi connectivity index (χ4v) is 2.26. The van der Waals surface area contributed by atoms with Crippen molar-refractivity contribution < 1.29 is 14.3 Å². The summed E-state index contributed by atoms with van der Waals surface area (Å²) in [6, 6.07) is 7.07. The molecule has 1 unspecified atom stereocenters. The summed E-state index contributed by atoms with van der Waals surface area (Å²) in [5.41, 5.74) is 0.977. The summed E-state index contributed by atoms with van der Waals surface area (Å²) in [5, 5.41) is 2.86. The van der Waals surface area contributed by atoms with Crippen LogP contribution in [0.15, 0.2) is 24.3 Å². The Bertz CT molecular complexity index is 499. The van der Waals surface area contributed by atoms with Gasteiger partial charge < -0.3 is 15.0 Å². The Morgan fingerprint density at radius 3 is 2.35 bits per heavy atom. The monoisotopic (exact) mass is 320 g/mol. The number of rotatable bonds is 9. The van der Waals surface area contributed by atoms with Crippen molar-refractivity contribution in [3.8, 4) is 5.75 Å². The highest BCUT2D eigenvalue weighted by Crippen LogP contribution is 2.15. The molecule has 23 heavy (non-hydrogen) atoms. The summed E-state index contributed by atoms with van der Waals surface area (Å²) in [6.07, 6.45) is 2.09. The Labute approximate surface area is 139 Å². The van der Waals surface area contributed by atoms with E-state index >= 15 is 0 Å². The SMILES string of the molecule is CCCNC(=O)C(C)N(Cc1ccc(OC)cc1)C(=O)CCC. The normalized spacial score (nSPS) is 11.7. The van der Waals surface area contributed by atoms with Crippen LogP contribution in [0.5, 0.6) is 5.75 Å². The van der Waals surface area contributed by atoms with Gasteiger partial charge in [0.25, 0.3) is 0 Å². The zero-order valence-corrected chi connectivity index (χ0v) is 14.6. The van der Waals surface area contributed by atoms with Crippen LogP contribution in [0.1, 0.15) is 45.6 Å². The lowest BCUT2D eigenvalue weighted by atomic mass is 10.1. The average molecular weight is 320 g/mol. The summed E-state index contributed by atoms with van der Waals surface area (Å²) in [6.45, 7) is 6.79. The van der Waals surface area contributed by atoms with Crippen LogP contribution < -0.4 is 10.1 Å². The number of hydrogen-bond donors (Lipinski definition) is 1. The van der Waals surface area contributed by atoms with Crippen molar-refractivity contribution in [2.75, 3.05) is 13.7 Å². The minimum absolute atomic E-state index is 0.00228. The molecule has 1 atom stereocenters. The maximum atomic E-state index is 12.4. The Balaban J connectivity index is 2.86. The van der Waals surface area contributed by atoms with Crippen LogP contribution in [0.2, 0.25) is 0 Å². The first-order chi connectivity index (χ1) is 11.0. The molecule has 0 saturated heterocycles. The Morgan fingerprint density at radius 2 is 1.83 bits per heavy atom. The molecule has 0 spiro atoms. The maximum absolute atomic E-state index is 12.4. The molecular formula is C18H28N2O3. The first kappa shape index (κ1) is 19.0. The predicted molar refractivity (Wildman–Crippen MR) is 91.2 cm³/mol. The van der Waals surface area contributed by atoms with E-state index in [9.17, 15) is 9.59 Å². The first-order valence-corrected chi connectivity index (χ1v) is 8.23. The van der Waals surface area contributed by atoms with Gasteiger partial charge in [-0.15, -0.1) is 0 Å². The van der Waals surface area contributed by atoms with Gasteiger partial charge in [-0.25, -0.2) is 0 Å². The number of carbonyl (C=O) groups is 2. The Kier molecular flexibility index (Phi) is 8.16. The maximum Gasteiger partial charge on any atom is 0.242 e. The molecule has 0 aliphatic carbocycles. The molecule has 1 N–H and O–H groups in total. The van der Waals surface area contributed by atoms with E-state index in [1.807, 2.05) is 38.1 Å². The number of carbonyl (C=O) groups excluding carboxylic acids is 2. The van der Waals surface area contributed by atoms with Crippen molar-refractivity contribution in [3.63, 3.8) is 0 Å². The van der Waals surface area contributed by atoms with Crippen molar-refractivity contribution in [2.45, 2.75) is 52.6 Å². The third-order valence-electron chi connectivity index (χ3n) is 3.69. The third-order valence-corrected chi connectivity index (χ3v) is 3.69. The molecule has 5 heteroatoms. The van der Waals surface area contributed by atoms with Crippen LogP contribution in [0.25, 0.3) is 0 Å². The summed E-state index contributed by atoms with van der Waals surface area (Å²) >= 11 is 0. The van der Waals surface area contributed by atoms with Crippen molar-refractivity contribution in [3.05, 3.63) is 29.8 Å². The second-order valence-electron chi connectivity index (χ2n) is 5.59. The highest BCUT2D eigenvalue weighted by molar-refractivity contribution is 5.87. The van der Waals surface area contributed by atoms with Gasteiger partial charge in [0.1, 0.15) is 11.8 Å². The lowest BCUT2D eigenvalue weighted by Crippen LogP contribution is -2.47. The van der Waals surface area contributed by atoms with Crippen LogP contribution in [0.3, 0.4) is 0 Å². The van der Waals surface area contributed by atoms with Gasteiger partial charge >= 0.3 is 0 Å². The van der Waals surface area contributed by atoms with Gasteiger partial charge in [0, 0.05) is 19.5 Å². The molecule has 0 radical (unpaired) electrons. The van der Waals surface area contributed by atoms with E-state index in [2.05, 4.69) is 5.32 Å². The molecule has 2 amide bonds. The number of amides is 2. The number of benzene rings is 1. The van der Waals surface area contributed by atoms with Gasteiger partial charge in [-0.1, -0.05) is 26.0 Å². The average Bonchev–Trinajstić information content (AvgIpc) is 2.57. The van der Waals surface area contributed by atoms with Crippen LogP contribution in [0.4, 0.5) is 0 Å². The first-order valence-electron chi connectivity index (χ1n) is 8.23. The molecular weight excluding hydrogens is 292 g/mol. The lowest BCUT2D eigenvalue weighted by molar-refractivity contribution is -0.140. The Hall–Kier alpha value is -2.04. The Morgan fingerprint density at radius 1 is 1.17 bits per heavy atom. The summed E-state index contributed by atoms with van der Waals surface area (Å²) in [7, 11) is 1.62. The van der Waals surface area contributed by atoms with E-state index in [1.54, 1.807) is 18.9 Å². The topological polar surface area (TPSA) is 58.6 Å². The molecule has 0 aromatic heterocycles. The highest BCUT2D eigenvalue weighted by Gasteiger charge is 2.25. The molecule has 0 bridgehead atoms. The van der Waals surface area contributed by atoms with Gasteiger partial charge in [-0.05, 0) is 37.5 Å². The molecule has 0 fully saturated rings. The molecule has 0 heterocycles. The van der Waals surface area contributed by atoms with Gasteiger partial charge in [-0.3, -0.25) is 9.59 Å². The van der Waals surface area contributed by atoms with Gasteiger partial charge in [-0.2, -0.15) is 0 Å². The quantitative estimate of drug-likeness (QED) is 0.761. The molecule has 1 aromatic carbocycles. The van der Waals surface area contributed by atoms with Gasteiger partial charge in [0.2, 0.25) is 11.8 Å². The van der Waals surface area contributed by atoms with E-state index in [0.717, 1.165) is 24.2 Å². The minimum Gasteiger partial charge on any atom is -0.497 e. The predicted octanol–water partition coefficient (Wildman–Crippen LogP) is 2.74. The summed E-state index contributed by atoms with van der Waals surface area (Å²) < 4.78 is 5.15. The smallest absolute Gasteiger partial charge is 0.242 e. The second kappa shape index (κ2) is 9.87. The molecule has 0 aliphatic rings. The molecule has 1 aromatic rings. The van der Waals surface area contributed by atoms with Crippen molar-refractivity contribution >= 4 is 11.8 Å². The fourth-order valence-electron chi connectivity index (χ4n) is 2.26. The van der Waals surface area contributed by atoms with Crippen LogP contribution in [-0.4, -0.2) is 36.4 Å². The minimum atomic E-state index is -0.484. The standard InChI is InChI=1S/C18H28N2O3/c1-5-7-17(21)20(14(3)18(22)19-12-6-2)13-15-8-10-16(23-4)11-9-15/h8-11,14H,5-7,12-13H2,1-4H3,(H,19,22). The molecule has 1 rings (SSSR count). The largest absolute Gasteiger partial charge is 0.497 e. The molecule has 0 aliphatic heterocycles. The fraction of sp³-hybridized carbons (Fsp3) is 0.556. The van der Waals surface area contributed by atoms with Crippen molar-refractivity contribution in [1.29, 1.82) is 0 Å². The van der Waals surface area contributed by atoms with E-state index in [1.165, 1.54) is 0 Å². The summed E-state index contributed by atoms with van der Waals surface area (Å²) in [4.78, 5) is 26.3. The summed E-state index contributed by atoms with van der Waals surface area (Å²) in [5.74, 6) is 0.668. The number of hydrogen-bond acceptors (Lipinski definition) is 3. The van der Waals surface area contributed by atoms with Crippen molar-refractivity contribution in [2.24, 2.45) is 0 Å². The zero-order chi connectivity index (χ0) is 17.2.